The summed E-state index contributed by atoms with van der Waals surface area (Å²) in [5, 5.41) is 0. The van der Waals surface area contributed by atoms with Crippen molar-refractivity contribution in [3.8, 4) is 0 Å². The van der Waals surface area contributed by atoms with Crippen molar-refractivity contribution in [1.82, 2.24) is 0 Å². The van der Waals surface area contributed by atoms with E-state index < -0.39 is 0 Å². The van der Waals surface area contributed by atoms with Gasteiger partial charge in [-0.25, -0.2) is 0 Å². The Labute approximate surface area is 65.6 Å². The smallest absolute Gasteiger partial charge is 0.0344 e. The van der Waals surface area contributed by atoms with Crippen molar-refractivity contribution >= 4 is 17.4 Å². The summed E-state index contributed by atoms with van der Waals surface area (Å²) in [5.41, 5.74) is 7.67. The van der Waals surface area contributed by atoms with E-state index in [0.717, 1.165) is 11.3 Å². The molecule has 2 heteroatoms. The lowest BCUT2D eigenvalue weighted by molar-refractivity contribution is 1.37. The molecule has 1 aromatic rings. The van der Waals surface area contributed by atoms with Gasteiger partial charge in [0.15, 0.2) is 0 Å². The van der Waals surface area contributed by atoms with Crippen molar-refractivity contribution in [1.29, 1.82) is 0 Å². The number of nitrogen functional groups attached to an aromatic ring is 1. The monoisotopic (exact) mass is 153 g/mol. The summed E-state index contributed by atoms with van der Waals surface area (Å²) in [6.07, 6.45) is 2.06. The van der Waals surface area contributed by atoms with E-state index >= 15 is 0 Å². The lowest BCUT2D eigenvalue weighted by Gasteiger charge is -2.00. The Morgan fingerprint density at radius 1 is 1.40 bits per heavy atom. The average molecular weight is 153 g/mol. The number of nitrogens with two attached hydrogens (primary N) is 1. The van der Waals surface area contributed by atoms with Crippen molar-refractivity contribution in [3.05, 3.63) is 23.8 Å². The SMILES string of the molecule is CSc1ccc(N)c(C)c1. The largest absolute Gasteiger partial charge is 0.399 e. The third-order valence-corrected chi connectivity index (χ3v) is 2.20. The standard InChI is InChI=1S/C8H11NS/c1-6-5-7(10-2)3-4-8(6)9/h3-5H,9H2,1-2H3. The second kappa shape index (κ2) is 2.97. The molecule has 0 saturated heterocycles. The van der Waals surface area contributed by atoms with Crippen molar-refractivity contribution in [3.63, 3.8) is 0 Å². The molecule has 1 aromatic carbocycles. The molecule has 0 aromatic heterocycles. The fraction of sp³-hybridized carbons (Fsp3) is 0.250. The molecule has 10 heavy (non-hydrogen) atoms. The first kappa shape index (κ1) is 7.48. The molecule has 2 N–H and O–H groups in total. The van der Waals surface area contributed by atoms with Gasteiger partial charge in [-0.1, -0.05) is 0 Å². The van der Waals surface area contributed by atoms with Crippen molar-refractivity contribution in [2.45, 2.75) is 11.8 Å². The first-order chi connectivity index (χ1) is 4.74. The van der Waals surface area contributed by atoms with Crippen molar-refractivity contribution in [2.75, 3.05) is 12.0 Å². The van der Waals surface area contributed by atoms with E-state index in [1.807, 2.05) is 19.1 Å². The number of rotatable bonds is 1. The van der Waals surface area contributed by atoms with Gasteiger partial charge in [-0.05, 0) is 36.9 Å². The maximum atomic E-state index is 5.63. The summed E-state index contributed by atoms with van der Waals surface area (Å²) in [7, 11) is 0. The van der Waals surface area contributed by atoms with E-state index in [1.54, 1.807) is 11.8 Å². The minimum absolute atomic E-state index is 0.873. The maximum absolute atomic E-state index is 5.63. The Kier molecular flexibility index (Phi) is 2.22. The predicted octanol–water partition coefficient (Wildman–Crippen LogP) is 2.30. The van der Waals surface area contributed by atoms with Crippen LogP contribution in [0, 0.1) is 6.92 Å². The van der Waals surface area contributed by atoms with Crippen molar-refractivity contribution < 1.29 is 0 Å². The molecule has 0 fully saturated rings. The lowest BCUT2D eigenvalue weighted by atomic mass is 10.2. The molecule has 0 bridgehead atoms. The van der Waals surface area contributed by atoms with Crippen LogP contribution in [0.5, 0.6) is 0 Å². The van der Waals surface area contributed by atoms with E-state index in [4.69, 9.17) is 5.73 Å². The molecule has 1 nitrogen and oxygen atoms in total. The molecular formula is C8H11NS. The highest BCUT2D eigenvalue weighted by Gasteiger charge is 1.93. The van der Waals surface area contributed by atoms with E-state index in [-0.39, 0.29) is 0 Å². The average Bonchev–Trinajstić information content (AvgIpc) is 1.95. The molecule has 1 rings (SSSR count). The number of aryl methyl sites for hydroxylation is 1. The summed E-state index contributed by atoms with van der Waals surface area (Å²) < 4.78 is 0. The first-order valence-electron chi connectivity index (χ1n) is 3.14. The van der Waals surface area contributed by atoms with Gasteiger partial charge >= 0.3 is 0 Å². The minimum atomic E-state index is 0.873. The van der Waals surface area contributed by atoms with Gasteiger partial charge in [0.2, 0.25) is 0 Å². The maximum Gasteiger partial charge on any atom is 0.0344 e. The third kappa shape index (κ3) is 1.45. The molecule has 0 spiro atoms. The normalized spacial score (nSPS) is 9.80. The molecule has 0 aliphatic rings. The van der Waals surface area contributed by atoms with Crippen LogP contribution in [0.2, 0.25) is 0 Å². The summed E-state index contributed by atoms with van der Waals surface area (Å²) in [6.45, 7) is 2.02. The van der Waals surface area contributed by atoms with Gasteiger partial charge in [-0.3, -0.25) is 0 Å². The van der Waals surface area contributed by atoms with E-state index in [9.17, 15) is 0 Å². The van der Waals surface area contributed by atoms with Crippen LogP contribution >= 0.6 is 11.8 Å². The third-order valence-electron chi connectivity index (χ3n) is 1.48. The number of benzene rings is 1. The summed E-state index contributed by atoms with van der Waals surface area (Å²) in [6, 6.07) is 6.08. The van der Waals surface area contributed by atoms with Crippen LogP contribution in [-0.4, -0.2) is 6.26 Å². The van der Waals surface area contributed by atoms with E-state index in [1.165, 1.54) is 4.90 Å². The van der Waals surface area contributed by atoms with Gasteiger partial charge in [0.05, 0.1) is 0 Å². The highest BCUT2D eigenvalue weighted by molar-refractivity contribution is 7.98. The van der Waals surface area contributed by atoms with Gasteiger partial charge in [0.1, 0.15) is 0 Å². The summed E-state index contributed by atoms with van der Waals surface area (Å²) in [4.78, 5) is 1.27. The summed E-state index contributed by atoms with van der Waals surface area (Å²) >= 11 is 1.74. The topological polar surface area (TPSA) is 26.0 Å². The van der Waals surface area contributed by atoms with Gasteiger partial charge in [-0.2, -0.15) is 0 Å². The molecule has 0 unspecified atom stereocenters. The number of hydrogen-bond donors (Lipinski definition) is 1. The second-order valence-corrected chi connectivity index (χ2v) is 3.10. The molecular weight excluding hydrogens is 142 g/mol. The molecule has 0 atom stereocenters. The molecule has 0 aliphatic heterocycles. The van der Waals surface area contributed by atoms with Crippen LogP contribution in [-0.2, 0) is 0 Å². The van der Waals surface area contributed by atoms with Gasteiger partial charge < -0.3 is 5.73 Å². The lowest BCUT2D eigenvalue weighted by Crippen LogP contribution is -1.87. The van der Waals surface area contributed by atoms with Crippen LogP contribution in [0.1, 0.15) is 5.56 Å². The molecule has 0 radical (unpaired) electrons. The molecule has 0 saturated carbocycles. The molecule has 0 amide bonds. The quantitative estimate of drug-likeness (QED) is 0.495. The Morgan fingerprint density at radius 2 is 2.10 bits per heavy atom. The Hall–Kier alpha value is -0.630. The predicted molar refractivity (Wildman–Crippen MR) is 47.4 cm³/mol. The first-order valence-corrected chi connectivity index (χ1v) is 4.36. The Balaban J connectivity index is 3.04. The van der Waals surface area contributed by atoms with E-state index in [0.29, 0.717) is 0 Å². The highest BCUT2D eigenvalue weighted by atomic mass is 32.2. The van der Waals surface area contributed by atoms with Crippen molar-refractivity contribution in [2.24, 2.45) is 0 Å². The number of thioether (sulfide) groups is 1. The zero-order chi connectivity index (χ0) is 7.56. The zero-order valence-corrected chi connectivity index (χ0v) is 7.03. The number of anilines is 1. The zero-order valence-electron chi connectivity index (χ0n) is 6.22. The Bertz CT molecular complexity index is 233. The van der Waals surface area contributed by atoms with E-state index in [2.05, 4.69) is 12.3 Å². The van der Waals surface area contributed by atoms with Crippen LogP contribution < -0.4 is 5.73 Å². The highest BCUT2D eigenvalue weighted by Crippen LogP contribution is 2.19. The fourth-order valence-corrected chi connectivity index (χ4v) is 1.27. The molecule has 54 valence electrons. The van der Waals surface area contributed by atoms with Crippen LogP contribution in [0.15, 0.2) is 23.1 Å². The minimum Gasteiger partial charge on any atom is -0.399 e. The summed E-state index contributed by atoms with van der Waals surface area (Å²) in [5.74, 6) is 0. The van der Waals surface area contributed by atoms with Crippen LogP contribution in [0.25, 0.3) is 0 Å². The van der Waals surface area contributed by atoms with Crippen LogP contribution in [0.4, 0.5) is 5.69 Å². The Morgan fingerprint density at radius 3 is 2.60 bits per heavy atom. The van der Waals surface area contributed by atoms with Gasteiger partial charge in [0.25, 0.3) is 0 Å². The van der Waals surface area contributed by atoms with Gasteiger partial charge in [0, 0.05) is 10.6 Å². The second-order valence-electron chi connectivity index (χ2n) is 2.22. The molecule has 0 aliphatic carbocycles. The molecule has 0 heterocycles. The number of hydrogen-bond acceptors (Lipinski definition) is 2. The van der Waals surface area contributed by atoms with Gasteiger partial charge in [-0.15, -0.1) is 11.8 Å². The fourth-order valence-electron chi connectivity index (χ4n) is 0.775. The van der Waals surface area contributed by atoms with Crippen LogP contribution in [0.3, 0.4) is 0 Å².